The molecule has 0 spiro atoms. The minimum Gasteiger partial charge on any atom is -0.345 e. The predicted molar refractivity (Wildman–Crippen MR) is 64.2 cm³/mol. The Hall–Kier alpha value is -1.85. The molecule has 6 heteroatoms. The van der Waals surface area contributed by atoms with Crippen LogP contribution in [0.4, 0.5) is 11.8 Å². The number of aromatic nitrogens is 5. The molecule has 1 aliphatic rings. The largest absolute Gasteiger partial charge is 0.345 e. The van der Waals surface area contributed by atoms with Gasteiger partial charge in [0.1, 0.15) is 6.33 Å². The average Bonchev–Trinajstić information content (AvgIpc) is 2.95. The molecule has 0 saturated heterocycles. The van der Waals surface area contributed by atoms with Gasteiger partial charge in [-0.05, 0) is 6.42 Å². The maximum atomic E-state index is 4.38. The van der Waals surface area contributed by atoms with Gasteiger partial charge in [-0.1, -0.05) is 19.8 Å². The molecule has 0 atom stereocenters. The number of aromatic amines is 1. The Morgan fingerprint density at radius 2 is 2.29 bits per heavy atom. The van der Waals surface area contributed by atoms with Crippen LogP contribution in [0.1, 0.15) is 31.9 Å². The number of nitrogens with one attached hydrogen (secondary N) is 1. The third-order valence-corrected chi connectivity index (χ3v) is 3.08. The van der Waals surface area contributed by atoms with E-state index in [9.17, 15) is 0 Å². The van der Waals surface area contributed by atoms with E-state index in [0.717, 1.165) is 37.0 Å². The number of imidazole rings is 1. The zero-order valence-corrected chi connectivity index (χ0v) is 9.93. The third kappa shape index (κ3) is 1.69. The van der Waals surface area contributed by atoms with Crippen LogP contribution < -0.4 is 4.90 Å². The lowest BCUT2D eigenvalue weighted by Gasteiger charge is -2.26. The zero-order valence-electron chi connectivity index (χ0n) is 9.93. The van der Waals surface area contributed by atoms with Crippen LogP contribution in [0.3, 0.4) is 0 Å². The van der Waals surface area contributed by atoms with E-state index in [1.165, 1.54) is 12.8 Å². The lowest BCUT2D eigenvalue weighted by molar-refractivity contribution is 0.622. The Morgan fingerprint density at radius 1 is 1.35 bits per heavy atom. The van der Waals surface area contributed by atoms with Crippen LogP contribution in [-0.4, -0.2) is 31.3 Å². The SMILES string of the molecule is CCCCCN1c2nc[nH]c2Cn2ncnc21. The summed E-state index contributed by atoms with van der Waals surface area (Å²) in [5, 5.41) is 4.23. The summed E-state index contributed by atoms with van der Waals surface area (Å²) in [4.78, 5) is 14.0. The van der Waals surface area contributed by atoms with E-state index in [-0.39, 0.29) is 0 Å². The van der Waals surface area contributed by atoms with Crippen molar-refractivity contribution >= 4 is 11.8 Å². The molecule has 0 aromatic carbocycles. The number of hydrogen-bond acceptors (Lipinski definition) is 4. The van der Waals surface area contributed by atoms with E-state index >= 15 is 0 Å². The summed E-state index contributed by atoms with van der Waals surface area (Å²) in [5.74, 6) is 1.90. The van der Waals surface area contributed by atoms with Crippen LogP contribution in [0, 0.1) is 0 Å². The molecule has 3 rings (SSSR count). The van der Waals surface area contributed by atoms with Gasteiger partial charge in [0.05, 0.1) is 18.6 Å². The van der Waals surface area contributed by atoms with Gasteiger partial charge in [-0.15, -0.1) is 0 Å². The average molecular weight is 232 g/mol. The molecule has 0 aliphatic carbocycles. The van der Waals surface area contributed by atoms with Gasteiger partial charge < -0.3 is 4.98 Å². The highest BCUT2D eigenvalue weighted by molar-refractivity contribution is 5.58. The van der Waals surface area contributed by atoms with E-state index in [0.29, 0.717) is 0 Å². The van der Waals surface area contributed by atoms with E-state index in [2.05, 4.69) is 31.9 Å². The van der Waals surface area contributed by atoms with Crippen LogP contribution in [0.2, 0.25) is 0 Å². The second-order valence-corrected chi connectivity index (χ2v) is 4.28. The Kier molecular flexibility index (Phi) is 2.55. The first-order chi connectivity index (χ1) is 8.40. The third-order valence-electron chi connectivity index (χ3n) is 3.08. The minimum atomic E-state index is 0.731. The van der Waals surface area contributed by atoms with Crippen molar-refractivity contribution < 1.29 is 0 Å². The molecule has 6 nitrogen and oxygen atoms in total. The monoisotopic (exact) mass is 232 g/mol. The summed E-state index contributed by atoms with van der Waals surface area (Å²) < 4.78 is 1.91. The van der Waals surface area contributed by atoms with Gasteiger partial charge in [0.2, 0.25) is 5.95 Å². The first-order valence-electron chi connectivity index (χ1n) is 6.07. The molecule has 0 unspecified atom stereocenters. The van der Waals surface area contributed by atoms with Crippen LogP contribution in [-0.2, 0) is 6.54 Å². The summed E-state index contributed by atoms with van der Waals surface area (Å²) in [7, 11) is 0. The second-order valence-electron chi connectivity index (χ2n) is 4.28. The molecule has 3 heterocycles. The smallest absolute Gasteiger partial charge is 0.229 e. The highest BCUT2D eigenvalue weighted by Crippen LogP contribution is 2.30. The quantitative estimate of drug-likeness (QED) is 0.815. The number of unbranched alkanes of at least 4 members (excludes halogenated alkanes) is 2. The fourth-order valence-corrected chi connectivity index (χ4v) is 2.21. The molecule has 0 radical (unpaired) electrons. The summed E-state index contributed by atoms with van der Waals surface area (Å²) in [6.45, 7) is 3.89. The molecule has 2 aromatic heterocycles. The van der Waals surface area contributed by atoms with Crippen molar-refractivity contribution in [3.63, 3.8) is 0 Å². The summed E-state index contributed by atoms with van der Waals surface area (Å²) in [6.07, 6.45) is 6.94. The Morgan fingerprint density at radius 3 is 3.18 bits per heavy atom. The second kappa shape index (κ2) is 4.20. The first-order valence-corrected chi connectivity index (χ1v) is 6.07. The molecule has 0 amide bonds. The van der Waals surface area contributed by atoms with Crippen molar-refractivity contribution in [3.05, 3.63) is 18.3 Å². The zero-order chi connectivity index (χ0) is 11.7. The van der Waals surface area contributed by atoms with E-state index in [1.54, 1.807) is 12.7 Å². The Labute approximate surface area is 99.7 Å². The maximum Gasteiger partial charge on any atom is 0.229 e. The fraction of sp³-hybridized carbons (Fsp3) is 0.545. The van der Waals surface area contributed by atoms with Crippen molar-refractivity contribution in [1.82, 2.24) is 24.7 Å². The molecule has 1 N–H and O–H groups in total. The fourth-order valence-electron chi connectivity index (χ4n) is 2.21. The van der Waals surface area contributed by atoms with Gasteiger partial charge in [0.15, 0.2) is 5.82 Å². The number of rotatable bonds is 4. The highest BCUT2D eigenvalue weighted by atomic mass is 15.5. The van der Waals surface area contributed by atoms with Crippen molar-refractivity contribution in [2.45, 2.75) is 32.7 Å². The highest BCUT2D eigenvalue weighted by Gasteiger charge is 2.25. The molecule has 1 aliphatic heterocycles. The molecular formula is C11H16N6. The van der Waals surface area contributed by atoms with Gasteiger partial charge in [0.25, 0.3) is 0 Å². The first kappa shape index (κ1) is 10.3. The summed E-state index contributed by atoms with van der Waals surface area (Å²) in [6, 6.07) is 0. The molecule has 0 saturated carbocycles. The summed E-state index contributed by atoms with van der Waals surface area (Å²) in [5.41, 5.74) is 1.11. The van der Waals surface area contributed by atoms with Crippen LogP contribution in [0.15, 0.2) is 12.7 Å². The predicted octanol–water partition coefficient (Wildman–Crippen LogP) is 1.69. The number of nitrogens with zero attached hydrogens (tertiary/aromatic N) is 5. The van der Waals surface area contributed by atoms with Crippen molar-refractivity contribution in [1.29, 1.82) is 0 Å². The maximum absolute atomic E-state index is 4.38. The van der Waals surface area contributed by atoms with Gasteiger partial charge in [0, 0.05) is 6.54 Å². The van der Waals surface area contributed by atoms with Crippen molar-refractivity contribution in [3.8, 4) is 0 Å². The molecule has 0 bridgehead atoms. The Balaban J connectivity index is 1.89. The summed E-state index contributed by atoms with van der Waals surface area (Å²) >= 11 is 0. The van der Waals surface area contributed by atoms with Gasteiger partial charge >= 0.3 is 0 Å². The van der Waals surface area contributed by atoms with Crippen molar-refractivity contribution in [2.24, 2.45) is 0 Å². The van der Waals surface area contributed by atoms with E-state index in [4.69, 9.17) is 0 Å². The normalized spacial score (nSPS) is 13.6. The van der Waals surface area contributed by atoms with Crippen LogP contribution >= 0.6 is 0 Å². The molecule has 0 fully saturated rings. The van der Waals surface area contributed by atoms with E-state index < -0.39 is 0 Å². The van der Waals surface area contributed by atoms with E-state index in [1.807, 2.05) is 4.68 Å². The van der Waals surface area contributed by atoms with Gasteiger partial charge in [-0.3, -0.25) is 4.90 Å². The number of hydrogen-bond donors (Lipinski definition) is 1. The molecule has 17 heavy (non-hydrogen) atoms. The molecule has 2 aromatic rings. The lowest BCUT2D eigenvalue weighted by Crippen LogP contribution is -2.28. The molecular weight excluding hydrogens is 216 g/mol. The Bertz CT molecular complexity index is 459. The minimum absolute atomic E-state index is 0.731. The topological polar surface area (TPSA) is 62.6 Å². The number of fused-ring (bicyclic) bond motifs is 2. The van der Waals surface area contributed by atoms with Gasteiger partial charge in [-0.25, -0.2) is 9.67 Å². The standard InChI is InChI=1S/C11H16N6/c1-2-3-4-5-16-10-9(12-7-13-10)6-17-11(16)14-8-15-17/h7-8H,2-6H2,1H3,(H,12,13). The van der Waals surface area contributed by atoms with Crippen LogP contribution in [0.5, 0.6) is 0 Å². The van der Waals surface area contributed by atoms with Crippen molar-refractivity contribution in [2.75, 3.05) is 11.4 Å². The van der Waals surface area contributed by atoms with Crippen LogP contribution in [0.25, 0.3) is 0 Å². The number of H-pyrrole nitrogens is 1. The lowest BCUT2D eigenvalue weighted by atomic mass is 10.2. The molecule has 90 valence electrons. The number of anilines is 2. The van der Waals surface area contributed by atoms with Gasteiger partial charge in [-0.2, -0.15) is 10.1 Å².